The van der Waals surface area contributed by atoms with Crippen LogP contribution in [0.1, 0.15) is 40.5 Å². The fourth-order valence-corrected chi connectivity index (χ4v) is 2.51. The lowest BCUT2D eigenvalue weighted by Crippen LogP contribution is -2.32. The van der Waals surface area contributed by atoms with Gasteiger partial charge in [0, 0.05) is 30.1 Å². The SMILES string of the molecule is CCOC(=O)C(=CN(c1cc(F)c(F)c(F)c1)C(CC)CC)C(=O)OCC. The molecule has 1 aromatic rings. The molecule has 0 N–H and O–H groups in total. The van der Waals surface area contributed by atoms with E-state index >= 15 is 0 Å². The summed E-state index contributed by atoms with van der Waals surface area (Å²) in [4.78, 5) is 25.7. The minimum absolute atomic E-state index is 0.0281. The van der Waals surface area contributed by atoms with Crippen molar-refractivity contribution >= 4 is 17.6 Å². The van der Waals surface area contributed by atoms with Gasteiger partial charge in [0.1, 0.15) is 0 Å². The topological polar surface area (TPSA) is 55.8 Å². The maximum atomic E-state index is 13.7. The van der Waals surface area contributed by atoms with Crippen LogP contribution < -0.4 is 4.90 Å². The van der Waals surface area contributed by atoms with Gasteiger partial charge in [0.25, 0.3) is 0 Å². The molecule has 5 nitrogen and oxygen atoms in total. The molecule has 8 heteroatoms. The molecule has 0 aliphatic heterocycles. The number of ether oxygens (including phenoxy) is 2. The number of nitrogens with zero attached hydrogens (tertiary/aromatic N) is 1. The van der Waals surface area contributed by atoms with Crippen LogP contribution in [0.5, 0.6) is 0 Å². The molecular formula is C19H24F3NO4. The van der Waals surface area contributed by atoms with Crippen molar-refractivity contribution in [2.75, 3.05) is 18.1 Å². The number of anilines is 1. The first-order chi connectivity index (χ1) is 12.8. The van der Waals surface area contributed by atoms with Crippen molar-refractivity contribution in [1.29, 1.82) is 0 Å². The van der Waals surface area contributed by atoms with E-state index < -0.39 is 35.0 Å². The number of carbonyl (C=O) groups excluding carboxylic acids is 2. The summed E-state index contributed by atoms with van der Waals surface area (Å²) in [5, 5.41) is 0. The van der Waals surface area contributed by atoms with Gasteiger partial charge in [-0.15, -0.1) is 0 Å². The number of rotatable bonds is 9. The first kappa shape index (κ1) is 22.5. The number of carbonyl (C=O) groups is 2. The predicted octanol–water partition coefficient (Wildman–Crippen LogP) is 4.11. The molecule has 0 saturated heterocycles. The first-order valence-electron chi connectivity index (χ1n) is 8.79. The minimum Gasteiger partial charge on any atom is -0.462 e. The van der Waals surface area contributed by atoms with E-state index in [-0.39, 0.29) is 24.9 Å². The zero-order valence-electron chi connectivity index (χ0n) is 15.9. The van der Waals surface area contributed by atoms with E-state index in [1.807, 2.05) is 13.8 Å². The second-order valence-electron chi connectivity index (χ2n) is 5.58. The maximum Gasteiger partial charge on any atom is 0.347 e. The summed E-state index contributed by atoms with van der Waals surface area (Å²) in [5.41, 5.74) is -0.457. The average molecular weight is 387 g/mol. The summed E-state index contributed by atoms with van der Waals surface area (Å²) in [6, 6.07) is 1.30. The third kappa shape index (κ3) is 5.74. The van der Waals surface area contributed by atoms with Crippen LogP contribution >= 0.6 is 0 Å². The molecule has 0 aromatic heterocycles. The van der Waals surface area contributed by atoms with Crippen LogP contribution in [0.2, 0.25) is 0 Å². The highest BCUT2D eigenvalue weighted by Crippen LogP contribution is 2.26. The van der Waals surface area contributed by atoms with Crippen LogP contribution in [0.4, 0.5) is 18.9 Å². The molecule has 150 valence electrons. The predicted molar refractivity (Wildman–Crippen MR) is 94.5 cm³/mol. The molecule has 0 unspecified atom stereocenters. The highest BCUT2D eigenvalue weighted by atomic mass is 19.2. The Morgan fingerprint density at radius 3 is 1.78 bits per heavy atom. The quantitative estimate of drug-likeness (QED) is 0.210. The Morgan fingerprint density at radius 2 is 1.41 bits per heavy atom. The van der Waals surface area contributed by atoms with E-state index in [4.69, 9.17) is 9.47 Å². The summed E-state index contributed by atoms with van der Waals surface area (Å²) < 4.78 is 50.5. The van der Waals surface area contributed by atoms with Crippen molar-refractivity contribution in [2.24, 2.45) is 0 Å². The molecule has 0 radical (unpaired) electrons. The fourth-order valence-electron chi connectivity index (χ4n) is 2.51. The second-order valence-corrected chi connectivity index (χ2v) is 5.58. The number of hydrogen-bond acceptors (Lipinski definition) is 5. The molecule has 0 spiro atoms. The molecule has 0 bridgehead atoms. The molecular weight excluding hydrogens is 363 g/mol. The summed E-state index contributed by atoms with van der Waals surface area (Å²) in [6.07, 6.45) is 2.21. The lowest BCUT2D eigenvalue weighted by molar-refractivity contribution is -0.146. The Hall–Kier alpha value is -2.51. The van der Waals surface area contributed by atoms with Gasteiger partial charge in [-0.1, -0.05) is 13.8 Å². The standard InChI is InChI=1S/C19H24F3NO4/c1-5-12(6-2)23(13-9-15(20)17(22)16(21)10-13)11-14(18(24)26-7-3)19(25)27-8-4/h9-12H,5-8H2,1-4H3. The number of halogens is 3. The normalized spacial score (nSPS) is 10.5. The Bertz CT molecular complexity index is 659. The van der Waals surface area contributed by atoms with Gasteiger partial charge in [-0.05, 0) is 26.7 Å². The molecule has 0 amide bonds. The van der Waals surface area contributed by atoms with Crippen LogP contribution in [0.25, 0.3) is 0 Å². The lowest BCUT2D eigenvalue weighted by atomic mass is 10.1. The van der Waals surface area contributed by atoms with Crippen LogP contribution in [0, 0.1) is 17.5 Å². The molecule has 27 heavy (non-hydrogen) atoms. The molecule has 1 rings (SSSR count). The van der Waals surface area contributed by atoms with Crippen molar-refractivity contribution in [1.82, 2.24) is 0 Å². The van der Waals surface area contributed by atoms with E-state index in [2.05, 4.69) is 0 Å². The number of hydrogen-bond donors (Lipinski definition) is 0. The Kier molecular flexibility index (Phi) is 8.84. The monoisotopic (exact) mass is 387 g/mol. The van der Waals surface area contributed by atoms with Crippen LogP contribution in [-0.4, -0.2) is 31.2 Å². The van der Waals surface area contributed by atoms with Crippen molar-refractivity contribution in [3.8, 4) is 0 Å². The third-order valence-electron chi connectivity index (χ3n) is 3.86. The number of benzene rings is 1. The zero-order chi connectivity index (χ0) is 20.6. The Labute approximate surface area is 156 Å². The summed E-state index contributed by atoms with van der Waals surface area (Å²) in [7, 11) is 0. The summed E-state index contributed by atoms with van der Waals surface area (Å²) >= 11 is 0. The van der Waals surface area contributed by atoms with Crippen molar-refractivity contribution < 1.29 is 32.2 Å². The largest absolute Gasteiger partial charge is 0.462 e. The summed E-state index contributed by atoms with van der Waals surface area (Å²) in [6.45, 7) is 6.87. The van der Waals surface area contributed by atoms with Crippen LogP contribution in [0.15, 0.2) is 23.9 Å². The zero-order valence-corrected chi connectivity index (χ0v) is 15.9. The van der Waals surface area contributed by atoms with Crippen LogP contribution in [-0.2, 0) is 19.1 Å². The molecule has 1 aromatic carbocycles. The number of esters is 2. The fraction of sp³-hybridized carbons (Fsp3) is 0.474. The van der Waals surface area contributed by atoms with Crippen molar-refractivity contribution in [3.05, 3.63) is 41.4 Å². The highest BCUT2D eigenvalue weighted by molar-refractivity contribution is 6.14. The first-order valence-corrected chi connectivity index (χ1v) is 8.79. The second kappa shape index (κ2) is 10.6. The van der Waals surface area contributed by atoms with E-state index in [1.165, 1.54) is 4.90 Å². The van der Waals surface area contributed by atoms with E-state index in [9.17, 15) is 22.8 Å². The molecule has 0 aliphatic carbocycles. The average Bonchev–Trinajstić information content (AvgIpc) is 2.63. The molecule has 0 heterocycles. The molecule has 0 atom stereocenters. The molecule has 0 aliphatic rings. The van der Waals surface area contributed by atoms with Crippen molar-refractivity contribution in [2.45, 2.75) is 46.6 Å². The molecule has 0 saturated carbocycles. The van der Waals surface area contributed by atoms with Gasteiger partial charge < -0.3 is 14.4 Å². The van der Waals surface area contributed by atoms with Gasteiger partial charge in [-0.3, -0.25) is 0 Å². The highest BCUT2D eigenvalue weighted by Gasteiger charge is 2.26. The lowest BCUT2D eigenvalue weighted by Gasteiger charge is -2.30. The van der Waals surface area contributed by atoms with Gasteiger partial charge in [0.2, 0.25) is 0 Å². The third-order valence-corrected chi connectivity index (χ3v) is 3.86. The van der Waals surface area contributed by atoms with Gasteiger partial charge >= 0.3 is 11.9 Å². The maximum absolute atomic E-state index is 13.7. The van der Waals surface area contributed by atoms with Gasteiger partial charge in [-0.2, -0.15) is 0 Å². The van der Waals surface area contributed by atoms with E-state index in [1.54, 1.807) is 13.8 Å². The van der Waals surface area contributed by atoms with E-state index in [0.29, 0.717) is 12.8 Å². The van der Waals surface area contributed by atoms with Gasteiger partial charge in [0.15, 0.2) is 23.0 Å². The van der Waals surface area contributed by atoms with Gasteiger partial charge in [-0.25, -0.2) is 22.8 Å². The smallest absolute Gasteiger partial charge is 0.347 e. The van der Waals surface area contributed by atoms with Crippen molar-refractivity contribution in [3.63, 3.8) is 0 Å². The van der Waals surface area contributed by atoms with Gasteiger partial charge in [0.05, 0.1) is 13.2 Å². The summed E-state index contributed by atoms with van der Waals surface area (Å²) in [5.74, 6) is -6.18. The van der Waals surface area contributed by atoms with Crippen LogP contribution in [0.3, 0.4) is 0 Å². The Morgan fingerprint density at radius 1 is 0.963 bits per heavy atom. The molecule has 0 fully saturated rings. The van der Waals surface area contributed by atoms with E-state index in [0.717, 1.165) is 18.3 Å². The minimum atomic E-state index is -1.59. The Balaban J connectivity index is 3.54.